The van der Waals surface area contributed by atoms with Gasteiger partial charge in [-0.2, -0.15) is 9.97 Å². The van der Waals surface area contributed by atoms with E-state index in [2.05, 4.69) is 31.9 Å². The van der Waals surface area contributed by atoms with Crippen LogP contribution in [-0.2, 0) is 31.8 Å². The van der Waals surface area contributed by atoms with Gasteiger partial charge in [-0.25, -0.2) is 10.1 Å². The smallest absolute Gasteiger partial charge is 0.342 e. The Kier molecular flexibility index (Phi) is 11.3. The van der Waals surface area contributed by atoms with Crippen LogP contribution in [0.3, 0.4) is 0 Å². The van der Waals surface area contributed by atoms with E-state index >= 15 is 0 Å². The normalized spacial score (nSPS) is 13.4. The Hall–Kier alpha value is -4.25. The standard InChI is InChI=1S/C30H38N7O5P/c1-4-15-32-27-26-28(35-30(31)34-27)37(20-33-26)16-17-40-21-43(39,42-24-13-9-6-10-14-24)36-25(29(38)41-19-22(2)3)18-23-11-7-5-8-12-23/h4-14,20,22,25H,1,15-19,21H2,2-3H3,(H,36,39)(H3,31,32,34,35). The molecule has 0 aliphatic heterocycles. The van der Waals surface area contributed by atoms with Gasteiger partial charge >= 0.3 is 13.5 Å². The van der Waals surface area contributed by atoms with Crippen LogP contribution in [-0.4, -0.2) is 57.6 Å². The lowest BCUT2D eigenvalue weighted by Gasteiger charge is -2.26. The Morgan fingerprint density at radius 1 is 1.12 bits per heavy atom. The maximum absolute atomic E-state index is 14.3. The highest BCUT2D eigenvalue weighted by atomic mass is 31.2. The Morgan fingerprint density at radius 3 is 2.53 bits per heavy atom. The molecule has 43 heavy (non-hydrogen) atoms. The molecule has 2 heterocycles. The van der Waals surface area contributed by atoms with Gasteiger partial charge in [0.25, 0.3) is 0 Å². The second-order valence-corrected chi connectivity index (χ2v) is 12.3. The molecule has 4 N–H and O–H groups in total. The maximum Gasteiger partial charge on any atom is 0.342 e. The number of benzene rings is 2. The van der Waals surface area contributed by atoms with E-state index in [0.29, 0.717) is 35.8 Å². The van der Waals surface area contributed by atoms with Crippen LogP contribution in [0.25, 0.3) is 11.2 Å². The Morgan fingerprint density at radius 2 is 1.84 bits per heavy atom. The van der Waals surface area contributed by atoms with Gasteiger partial charge in [0, 0.05) is 13.1 Å². The van der Waals surface area contributed by atoms with Gasteiger partial charge in [0.1, 0.15) is 18.1 Å². The average molecular weight is 608 g/mol. The van der Waals surface area contributed by atoms with Crippen molar-refractivity contribution in [1.29, 1.82) is 0 Å². The largest absolute Gasteiger partial charge is 0.464 e. The van der Waals surface area contributed by atoms with Crippen LogP contribution in [0.15, 0.2) is 79.6 Å². The number of hydrogen-bond acceptors (Lipinski definition) is 10. The molecular weight excluding hydrogens is 569 g/mol. The van der Waals surface area contributed by atoms with Gasteiger partial charge in [-0.1, -0.05) is 68.5 Å². The molecule has 12 nitrogen and oxygen atoms in total. The maximum atomic E-state index is 14.3. The molecule has 0 bridgehead atoms. The van der Waals surface area contributed by atoms with Gasteiger partial charge in [0.05, 0.1) is 19.5 Å². The fourth-order valence-electron chi connectivity index (χ4n) is 4.12. The zero-order chi connectivity index (χ0) is 30.7. The molecule has 4 rings (SSSR count). The lowest BCUT2D eigenvalue weighted by Crippen LogP contribution is -2.40. The first-order valence-corrected chi connectivity index (χ1v) is 15.8. The predicted molar refractivity (Wildman–Crippen MR) is 167 cm³/mol. The summed E-state index contributed by atoms with van der Waals surface area (Å²) in [5.74, 6) is 0.604. The second-order valence-electron chi connectivity index (χ2n) is 10.2. The van der Waals surface area contributed by atoms with Crippen molar-refractivity contribution in [3.63, 3.8) is 0 Å². The molecule has 2 aromatic carbocycles. The number of nitrogen functional groups attached to an aromatic ring is 1. The van der Waals surface area contributed by atoms with Crippen LogP contribution in [0, 0.1) is 5.92 Å². The number of rotatable bonds is 17. The summed E-state index contributed by atoms with van der Waals surface area (Å²) < 4.78 is 33.4. The number of hydrogen-bond donors (Lipinski definition) is 3. The summed E-state index contributed by atoms with van der Waals surface area (Å²) in [5, 5.41) is 6.08. The van der Waals surface area contributed by atoms with Crippen LogP contribution in [0.1, 0.15) is 19.4 Å². The number of anilines is 2. The SMILES string of the molecule is C=CCNc1nc(N)nc2c1ncn2CCOCP(=O)(NC(Cc1ccccc1)C(=O)OCC(C)C)Oc1ccccc1. The fraction of sp³-hybridized carbons (Fsp3) is 0.333. The molecule has 4 aromatic rings. The topological polar surface area (TPSA) is 156 Å². The van der Waals surface area contributed by atoms with E-state index in [1.54, 1.807) is 41.2 Å². The number of nitrogens with zero attached hydrogens (tertiary/aromatic N) is 4. The molecule has 2 aromatic heterocycles. The molecule has 0 amide bonds. The van der Waals surface area contributed by atoms with Gasteiger partial charge in [0.2, 0.25) is 5.95 Å². The number of nitrogens with one attached hydrogen (secondary N) is 2. The summed E-state index contributed by atoms with van der Waals surface area (Å²) in [4.78, 5) is 26.1. The van der Waals surface area contributed by atoms with Crippen molar-refractivity contribution in [2.75, 3.05) is 37.2 Å². The third-order valence-electron chi connectivity index (χ3n) is 6.11. The van der Waals surface area contributed by atoms with Gasteiger partial charge < -0.3 is 29.6 Å². The van der Waals surface area contributed by atoms with E-state index in [1.807, 2.05) is 50.2 Å². The lowest BCUT2D eigenvalue weighted by atomic mass is 10.1. The van der Waals surface area contributed by atoms with E-state index in [1.165, 1.54) is 0 Å². The summed E-state index contributed by atoms with van der Waals surface area (Å²) in [5.41, 5.74) is 7.88. The quantitative estimate of drug-likeness (QED) is 0.0665. The highest BCUT2D eigenvalue weighted by Gasteiger charge is 2.33. The average Bonchev–Trinajstić information content (AvgIpc) is 3.40. The third-order valence-corrected chi connectivity index (χ3v) is 7.84. The molecule has 0 fully saturated rings. The van der Waals surface area contributed by atoms with Crippen molar-refractivity contribution in [1.82, 2.24) is 24.6 Å². The van der Waals surface area contributed by atoms with Crippen molar-refractivity contribution in [2.24, 2.45) is 5.92 Å². The van der Waals surface area contributed by atoms with E-state index < -0.39 is 19.5 Å². The Labute approximate surface area is 251 Å². The molecule has 0 saturated heterocycles. The van der Waals surface area contributed by atoms with E-state index in [9.17, 15) is 9.36 Å². The number of imidazole rings is 1. The van der Waals surface area contributed by atoms with E-state index in [0.717, 1.165) is 5.56 Å². The van der Waals surface area contributed by atoms with Gasteiger partial charge in [0.15, 0.2) is 17.0 Å². The van der Waals surface area contributed by atoms with Crippen LogP contribution in [0.5, 0.6) is 5.75 Å². The number of aromatic nitrogens is 4. The van der Waals surface area contributed by atoms with Crippen molar-refractivity contribution >= 4 is 36.4 Å². The number of nitrogens with two attached hydrogens (primary N) is 1. The highest BCUT2D eigenvalue weighted by Crippen LogP contribution is 2.44. The number of carbonyl (C=O) groups excluding carboxylic acids is 1. The van der Waals surface area contributed by atoms with Crippen molar-refractivity contribution in [3.8, 4) is 5.75 Å². The zero-order valence-electron chi connectivity index (χ0n) is 24.4. The van der Waals surface area contributed by atoms with Crippen LogP contribution in [0.2, 0.25) is 0 Å². The Bertz CT molecular complexity index is 1530. The number of carbonyl (C=O) groups is 1. The fourth-order valence-corrected chi connectivity index (χ4v) is 5.81. The minimum Gasteiger partial charge on any atom is -0.464 e. The molecule has 0 aliphatic rings. The molecule has 2 unspecified atom stereocenters. The second kappa shape index (κ2) is 15.3. The van der Waals surface area contributed by atoms with Gasteiger partial charge in [-0.15, -0.1) is 6.58 Å². The monoisotopic (exact) mass is 607 g/mol. The van der Waals surface area contributed by atoms with Gasteiger partial charge in [-0.05, 0) is 30.0 Å². The molecule has 228 valence electrons. The Balaban J connectivity index is 1.49. The molecule has 0 aliphatic carbocycles. The minimum atomic E-state index is -3.78. The van der Waals surface area contributed by atoms with E-state index in [-0.39, 0.29) is 37.8 Å². The zero-order valence-corrected chi connectivity index (χ0v) is 25.3. The first-order chi connectivity index (χ1) is 20.8. The van der Waals surface area contributed by atoms with Crippen molar-refractivity contribution in [3.05, 3.63) is 85.2 Å². The summed E-state index contributed by atoms with van der Waals surface area (Å²) in [6.45, 7) is 8.81. The number of fused-ring (bicyclic) bond motifs is 1. The first kappa shape index (κ1) is 31.7. The summed E-state index contributed by atoms with van der Waals surface area (Å²) in [7, 11) is -3.78. The van der Waals surface area contributed by atoms with Crippen LogP contribution >= 0.6 is 7.52 Å². The highest BCUT2D eigenvalue weighted by molar-refractivity contribution is 7.57. The van der Waals surface area contributed by atoms with E-state index in [4.69, 9.17) is 19.7 Å². The number of para-hydroxylation sites is 1. The summed E-state index contributed by atoms with van der Waals surface area (Å²) in [6, 6.07) is 17.3. The lowest BCUT2D eigenvalue weighted by molar-refractivity contribution is -0.146. The molecule has 0 spiro atoms. The first-order valence-electron chi connectivity index (χ1n) is 14.0. The third kappa shape index (κ3) is 9.37. The van der Waals surface area contributed by atoms with Crippen molar-refractivity contribution in [2.45, 2.75) is 32.9 Å². The van der Waals surface area contributed by atoms with Crippen LogP contribution < -0.4 is 20.7 Å². The molecule has 0 saturated carbocycles. The van der Waals surface area contributed by atoms with Gasteiger partial charge in [-0.3, -0.25) is 9.36 Å². The number of ether oxygens (including phenoxy) is 2. The summed E-state index contributed by atoms with van der Waals surface area (Å²) in [6.07, 6.45) is 3.26. The minimum absolute atomic E-state index is 0.0977. The van der Waals surface area contributed by atoms with Crippen LogP contribution in [0.4, 0.5) is 11.8 Å². The molecule has 0 radical (unpaired) electrons. The summed E-state index contributed by atoms with van der Waals surface area (Å²) >= 11 is 0. The van der Waals surface area contributed by atoms with Crippen molar-refractivity contribution < 1.29 is 23.4 Å². The number of esters is 1. The predicted octanol–water partition coefficient (Wildman–Crippen LogP) is 4.65. The molecule has 2 atom stereocenters. The molecular formula is C30H38N7O5P. The molecule has 13 heteroatoms.